The van der Waals surface area contributed by atoms with E-state index in [1.54, 1.807) is 14.2 Å². The molecule has 5 nitrogen and oxygen atoms in total. The van der Waals surface area contributed by atoms with E-state index in [0.717, 1.165) is 33.7 Å². The molecule has 0 atom stereocenters. The normalized spacial score (nSPS) is 10.7. The van der Waals surface area contributed by atoms with Gasteiger partial charge in [-0.3, -0.25) is 4.79 Å². The maximum atomic E-state index is 11.4. The molecule has 0 radical (unpaired) electrons. The van der Waals surface area contributed by atoms with E-state index in [1.165, 1.54) is 7.11 Å². The van der Waals surface area contributed by atoms with Gasteiger partial charge in [-0.05, 0) is 19.9 Å². The van der Waals surface area contributed by atoms with Crippen molar-refractivity contribution in [1.82, 2.24) is 4.57 Å². The minimum Gasteiger partial charge on any atom is -0.496 e. The Bertz CT molecular complexity index is 673. The summed E-state index contributed by atoms with van der Waals surface area (Å²) in [7, 11) is 4.70. The number of rotatable bonds is 5. The molecule has 0 N–H and O–H groups in total. The van der Waals surface area contributed by atoms with Crippen molar-refractivity contribution >= 4 is 16.9 Å². The number of hydrogen-bond donors (Lipinski definition) is 0. The Kier molecular flexibility index (Phi) is 4.40. The molecule has 1 heterocycles. The molecule has 1 aromatic heterocycles. The Labute approximate surface area is 124 Å². The SMILES string of the molecule is COC(=O)CCn1c(C)cc2c(OC)c(C)c(OC)cc21. The number of aryl methyl sites for hydroxylation is 2. The third-order valence-corrected chi connectivity index (χ3v) is 3.76. The average molecular weight is 291 g/mol. The van der Waals surface area contributed by atoms with E-state index in [2.05, 4.69) is 10.6 Å². The largest absolute Gasteiger partial charge is 0.496 e. The van der Waals surface area contributed by atoms with Crippen LogP contribution >= 0.6 is 0 Å². The number of hydrogen-bond acceptors (Lipinski definition) is 4. The molecule has 0 bridgehead atoms. The molecule has 0 saturated heterocycles. The van der Waals surface area contributed by atoms with Crippen LogP contribution < -0.4 is 9.47 Å². The molecule has 114 valence electrons. The highest BCUT2D eigenvalue weighted by molar-refractivity contribution is 5.91. The quantitative estimate of drug-likeness (QED) is 0.795. The molecule has 2 rings (SSSR count). The molecule has 0 amide bonds. The summed E-state index contributed by atoms with van der Waals surface area (Å²) in [6.07, 6.45) is 0.333. The van der Waals surface area contributed by atoms with Crippen LogP contribution in [0.25, 0.3) is 10.9 Å². The second kappa shape index (κ2) is 6.08. The Morgan fingerprint density at radius 2 is 1.86 bits per heavy atom. The van der Waals surface area contributed by atoms with Crippen molar-refractivity contribution in [1.29, 1.82) is 0 Å². The lowest BCUT2D eigenvalue weighted by molar-refractivity contribution is -0.140. The highest BCUT2D eigenvalue weighted by Gasteiger charge is 2.16. The molecular formula is C16H21NO4. The fraction of sp³-hybridized carbons (Fsp3) is 0.438. The lowest BCUT2D eigenvalue weighted by Crippen LogP contribution is -2.08. The predicted octanol–water partition coefficient (Wildman–Crippen LogP) is 2.84. The summed E-state index contributed by atoms with van der Waals surface area (Å²) in [6.45, 7) is 4.55. The molecule has 0 saturated carbocycles. The molecule has 2 aromatic rings. The number of nitrogens with zero attached hydrogens (tertiary/aromatic N) is 1. The van der Waals surface area contributed by atoms with Gasteiger partial charge in [-0.15, -0.1) is 0 Å². The molecule has 0 aliphatic carbocycles. The van der Waals surface area contributed by atoms with E-state index in [0.29, 0.717) is 13.0 Å². The van der Waals surface area contributed by atoms with Gasteiger partial charge >= 0.3 is 5.97 Å². The van der Waals surface area contributed by atoms with Crippen LogP contribution in [0.15, 0.2) is 12.1 Å². The monoisotopic (exact) mass is 291 g/mol. The predicted molar refractivity (Wildman–Crippen MR) is 81.1 cm³/mol. The van der Waals surface area contributed by atoms with Crippen molar-refractivity contribution in [3.05, 3.63) is 23.4 Å². The molecule has 0 aliphatic rings. The summed E-state index contributed by atoms with van der Waals surface area (Å²) in [5, 5.41) is 1.03. The lowest BCUT2D eigenvalue weighted by Gasteiger charge is -2.13. The summed E-state index contributed by atoms with van der Waals surface area (Å²) in [4.78, 5) is 11.4. The van der Waals surface area contributed by atoms with Gasteiger partial charge in [0.1, 0.15) is 11.5 Å². The number of methoxy groups -OCH3 is 3. The van der Waals surface area contributed by atoms with Crippen molar-refractivity contribution in [3.63, 3.8) is 0 Å². The van der Waals surface area contributed by atoms with Gasteiger partial charge < -0.3 is 18.8 Å². The van der Waals surface area contributed by atoms with Crippen LogP contribution in [0, 0.1) is 13.8 Å². The topological polar surface area (TPSA) is 49.7 Å². The number of benzene rings is 1. The van der Waals surface area contributed by atoms with E-state index < -0.39 is 0 Å². The fourth-order valence-electron chi connectivity index (χ4n) is 2.66. The Morgan fingerprint density at radius 1 is 1.14 bits per heavy atom. The van der Waals surface area contributed by atoms with Gasteiger partial charge in [-0.1, -0.05) is 0 Å². The summed E-state index contributed by atoms with van der Waals surface area (Å²) < 4.78 is 17.7. The number of fused-ring (bicyclic) bond motifs is 1. The Morgan fingerprint density at radius 3 is 2.43 bits per heavy atom. The number of carbonyl (C=O) groups is 1. The van der Waals surface area contributed by atoms with Gasteiger partial charge in [-0.2, -0.15) is 0 Å². The van der Waals surface area contributed by atoms with Gasteiger partial charge in [0, 0.05) is 29.3 Å². The molecule has 21 heavy (non-hydrogen) atoms. The molecule has 5 heteroatoms. The minimum absolute atomic E-state index is 0.220. The number of carbonyl (C=O) groups excluding carboxylic acids is 1. The Balaban J connectivity index is 2.56. The maximum Gasteiger partial charge on any atom is 0.307 e. The average Bonchev–Trinajstić information content (AvgIpc) is 2.79. The first kappa shape index (κ1) is 15.2. The zero-order valence-corrected chi connectivity index (χ0v) is 13.1. The van der Waals surface area contributed by atoms with Crippen molar-refractivity contribution in [3.8, 4) is 11.5 Å². The third kappa shape index (κ3) is 2.68. The van der Waals surface area contributed by atoms with E-state index >= 15 is 0 Å². The zero-order chi connectivity index (χ0) is 15.6. The number of aromatic nitrogens is 1. The molecule has 0 fully saturated rings. The first-order valence-electron chi connectivity index (χ1n) is 6.81. The van der Waals surface area contributed by atoms with Crippen LogP contribution in [-0.4, -0.2) is 31.9 Å². The summed E-state index contributed by atoms with van der Waals surface area (Å²) in [5.41, 5.74) is 3.04. The van der Waals surface area contributed by atoms with Gasteiger partial charge in [0.05, 0.1) is 33.3 Å². The first-order chi connectivity index (χ1) is 10.0. The highest BCUT2D eigenvalue weighted by Crippen LogP contribution is 2.37. The van der Waals surface area contributed by atoms with Crippen molar-refractivity contribution < 1.29 is 19.0 Å². The molecule has 0 spiro atoms. The fourth-order valence-corrected chi connectivity index (χ4v) is 2.66. The van der Waals surface area contributed by atoms with Crippen LogP contribution in [0.3, 0.4) is 0 Å². The highest BCUT2D eigenvalue weighted by atomic mass is 16.5. The zero-order valence-electron chi connectivity index (χ0n) is 13.1. The van der Waals surface area contributed by atoms with Crippen LogP contribution in [0.5, 0.6) is 11.5 Å². The van der Waals surface area contributed by atoms with Gasteiger partial charge in [0.25, 0.3) is 0 Å². The summed E-state index contributed by atoms with van der Waals surface area (Å²) >= 11 is 0. The van der Waals surface area contributed by atoms with E-state index in [1.807, 2.05) is 19.9 Å². The van der Waals surface area contributed by atoms with Crippen molar-refractivity contribution in [2.45, 2.75) is 26.8 Å². The molecule has 0 aliphatic heterocycles. The second-order valence-electron chi connectivity index (χ2n) is 4.93. The smallest absolute Gasteiger partial charge is 0.307 e. The number of ether oxygens (including phenoxy) is 3. The summed E-state index contributed by atoms with van der Waals surface area (Å²) in [5.74, 6) is 1.36. The maximum absolute atomic E-state index is 11.4. The molecular weight excluding hydrogens is 270 g/mol. The standard InChI is InChI=1S/C16H21NO4/c1-10-8-12-13(17(10)7-6-15(18)20-4)9-14(19-3)11(2)16(12)21-5/h8-9H,6-7H2,1-5H3. The van der Waals surface area contributed by atoms with Crippen LogP contribution in [-0.2, 0) is 16.1 Å². The minimum atomic E-state index is -0.220. The lowest BCUT2D eigenvalue weighted by atomic mass is 10.1. The molecule has 0 unspecified atom stereocenters. The van der Waals surface area contributed by atoms with Crippen molar-refractivity contribution in [2.24, 2.45) is 0 Å². The first-order valence-corrected chi connectivity index (χ1v) is 6.81. The Hall–Kier alpha value is -2.17. The number of esters is 1. The van der Waals surface area contributed by atoms with Crippen LogP contribution in [0.4, 0.5) is 0 Å². The summed E-state index contributed by atoms with van der Waals surface area (Å²) in [6, 6.07) is 4.05. The molecule has 1 aromatic carbocycles. The van der Waals surface area contributed by atoms with Gasteiger partial charge in [0.2, 0.25) is 0 Å². The second-order valence-corrected chi connectivity index (χ2v) is 4.93. The third-order valence-electron chi connectivity index (χ3n) is 3.76. The van der Waals surface area contributed by atoms with E-state index in [-0.39, 0.29) is 5.97 Å². The van der Waals surface area contributed by atoms with E-state index in [4.69, 9.17) is 14.2 Å². The van der Waals surface area contributed by atoms with Crippen LogP contribution in [0.1, 0.15) is 17.7 Å². The van der Waals surface area contributed by atoms with Crippen molar-refractivity contribution in [2.75, 3.05) is 21.3 Å². The van der Waals surface area contributed by atoms with E-state index in [9.17, 15) is 4.79 Å². The van der Waals surface area contributed by atoms with Gasteiger partial charge in [-0.25, -0.2) is 0 Å². The van der Waals surface area contributed by atoms with Crippen LogP contribution in [0.2, 0.25) is 0 Å². The van der Waals surface area contributed by atoms with Gasteiger partial charge in [0.15, 0.2) is 0 Å².